The Labute approximate surface area is 169 Å². The number of hydrogen-bond acceptors (Lipinski definition) is 5. The normalized spacial score (nSPS) is 18.0. The molecule has 0 aliphatic carbocycles. The van der Waals surface area contributed by atoms with Crippen molar-refractivity contribution in [3.63, 3.8) is 0 Å². The minimum Gasteiger partial charge on any atom is -0.422 e. The summed E-state index contributed by atoms with van der Waals surface area (Å²) in [4.78, 5) is 22.0. The third-order valence-corrected chi connectivity index (χ3v) is 5.94. The van der Waals surface area contributed by atoms with Gasteiger partial charge in [-0.1, -0.05) is 0 Å². The number of rotatable bonds is 2. The quantitative estimate of drug-likeness (QED) is 0.492. The average Bonchev–Trinajstić information content (AvgIpc) is 3.12. The second-order valence-electron chi connectivity index (χ2n) is 8.04. The molecule has 6 heteroatoms. The van der Waals surface area contributed by atoms with E-state index in [1.165, 1.54) is 0 Å². The largest absolute Gasteiger partial charge is 0.422 e. The van der Waals surface area contributed by atoms with Crippen molar-refractivity contribution < 1.29 is 4.42 Å². The Hall–Kier alpha value is -3.12. The summed E-state index contributed by atoms with van der Waals surface area (Å²) in [6.07, 6.45) is 3.82. The zero-order chi connectivity index (χ0) is 20.1. The molecule has 1 aliphatic heterocycles. The van der Waals surface area contributed by atoms with Crippen LogP contribution in [0.3, 0.4) is 0 Å². The molecule has 5 rings (SSSR count). The second-order valence-corrected chi connectivity index (χ2v) is 8.04. The summed E-state index contributed by atoms with van der Waals surface area (Å²) < 4.78 is 7.62. The number of likely N-dealkylation sites (N-methyl/N-ethyl adjacent to an activating group) is 1. The number of hydrogen-bond donors (Lipinski definition) is 0. The first-order chi connectivity index (χ1) is 14.0. The molecular formula is C23H24N4O2. The van der Waals surface area contributed by atoms with Gasteiger partial charge in [0, 0.05) is 55.2 Å². The lowest BCUT2D eigenvalue weighted by Gasteiger charge is -2.39. The van der Waals surface area contributed by atoms with Gasteiger partial charge in [-0.25, -0.2) is 9.78 Å². The number of aromatic nitrogens is 2. The molecule has 0 saturated carbocycles. The van der Waals surface area contributed by atoms with E-state index < -0.39 is 0 Å². The summed E-state index contributed by atoms with van der Waals surface area (Å²) in [7, 11) is 2.16. The van der Waals surface area contributed by atoms with Crippen LogP contribution in [0.15, 0.2) is 58.0 Å². The number of fused-ring (bicyclic) bond motifs is 2. The number of anilines is 1. The van der Waals surface area contributed by atoms with Crippen LogP contribution >= 0.6 is 0 Å². The standard InChI is InChI=1S/C23H24N4O2/c1-15-6-7-27-14-20(24-22(27)10-15)19-11-17-4-5-18(12-21(17)29-23(19)28)26-9-8-25(3)16(2)13-26/h4-7,10-12,14,16H,8-9,13H2,1-3H3. The molecule has 0 spiro atoms. The summed E-state index contributed by atoms with van der Waals surface area (Å²) in [5.74, 6) is 0. The summed E-state index contributed by atoms with van der Waals surface area (Å²) in [6.45, 7) is 7.21. The van der Waals surface area contributed by atoms with Crippen molar-refractivity contribution in [3.05, 3.63) is 64.8 Å². The van der Waals surface area contributed by atoms with Crippen LogP contribution in [0.2, 0.25) is 0 Å². The maximum atomic E-state index is 12.7. The lowest BCUT2D eigenvalue weighted by atomic mass is 10.1. The van der Waals surface area contributed by atoms with Gasteiger partial charge >= 0.3 is 5.63 Å². The van der Waals surface area contributed by atoms with Crippen LogP contribution in [0, 0.1) is 6.92 Å². The minimum absolute atomic E-state index is 0.360. The highest BCUT2D eigenvalue weighted by atomic mass is 16.4. The van der Waals surface area contributed by atoms with Crippen molar-refractivity contribution in [1.82, 2.24) is 14.3 Å². The first kappa shape index (κ1) is 17.9. The molecule has 4 heterocycles. The van der Waals surface area contributed by atoms with E-state index >= 15 is 0 Å². The fourth-order valence-corrected chi connectivity index (χ4v) is 3.97. The van der Waals surface area contributed by atoms with Crippen molar-refractivity contribution in [2.45, 2.75) is 19.9 Å². The first-order valence-electron chi connectivity index (χ1n) is 9.97. The third kappa shape index (κ3) is 3.19. The Balaban J connectivity index is 1.53. The fourth-order valence-electron chi connectivity index (χ4n) is 3.97. The van der Waals surface area contributed by atoms with Crippen molar-refractivity contribution in [3.8, 4) is 11.3 Å². The van der Waals surface area contributed by atoms with Gasteiger partial charge in [0.05, 0.1) is 11.3 Å². The van der Waals surface area contributed by atoms with Crippen LogP contribution in [-0.4, -0.2) is 47.0 Å². The van der Waals surface area contributed by atoms with Crippen molar-refractivity contribution in [2.75, 3.05) is 31.6 Å². The van der Waals surface area contributed by atoms with Gasteiger partial charge in [0.2, 0.25) is 0 Å². The molecule has 1 fully saturated rings. The molecule has 1 unspecified atom stereocenters. The summed E-state index contributed by atoms with van der Waals surface area (Å²) in [6, 6.07) is 12.5. The van der Waals surface area contributed by atoms with Gasteiger partial charge in [0.25, 0.3) is 0 Å². The van der Waals surface area contributed by atoms with Crippen LogP contribution < -0.4 is 10.5 Å². The first-order valence-corrected chi connectivity index (χ1v) is 9.97. The van der Waals surface area contributed by atoms with Gasteiger partial charge in [0.1, 0.15) is 11.2 Å². The van der Waals surface area contributed by atoms with Crippen LogP contribution in [-0.2, 0) is 0 Å². The van der Waals surface area contributed by atoms with Gasteiger partial charge in [0.15, 0.2) is 0 Å². The van der Waals surface area contributed by atoms with E-state index in [9.17, 15) is 4.79 Å². The second kappa shape index (κ2) is 6.74. The Morgan fingerprint density at radius 2 is 2.00 bits per heavy atom. The smallest absolute Gasteiger partial charge is 0.345 e. The summed E-state index contributed by atoms with van der Waals surface area (Å²) in [5, 5.41) is 0.902. The predicted molar refractivity (Wildman–Crippen MR) is 116 cm³/mol. The molecule has 0 bridgehead atoms. The zero-order valence-corrected chi connectivity index (χ0v) is 16.9. The molecule has 0 radical (unpaired) electrons. The van der Waals surface area contributed by atoms with Gasteiger partial charge < -0.3 is 18.6 Å². The van der Waals surface area contributed by atoms with E-state index in [-0.39, 0.29) is 5.63 Å². The van der Waals surface area contributed by atoms with Crippen molar-refractivity contribution >= 4 is 22.3 Å². The van der Waals surface area contributed by atoms with E-state index in [0.29, 0.717) is 22.9 Å². The maximum absolute atomic E-state index is 12.7. The molecule has 1 aromatic carbocycles. The molecule has 4 aromatic rings. The third-order valence-electron chi connectivity index (χ3n) is 5.94. The van der Waals surface area contributed by atoms with E-state index in [1.54, 1.807) is 0 Å². The van der Waals surface area contributed by atoms with E-state index in [2.05, 4.69) is 34.8 Å². The monoisotopic (exact) mass is 388 g/mol. The molecule has 1 saturated heterocycles. The minimum atomic E-state index is -0.360. The maximum Gasteiger partial charge on any atom is 0.345 e. The number of nitrogens with zero attached hydrogens (tertiary/aromatic N) is 4. The van der Waals surface area contributed by atoms with Gasteiger partial charge in [-0.3, -0.25) is 0 Å². The fraction of sp³-hybridized carbons (Fsp3) is 0.304. The molecular weight excluding hydrogens is 364 g/mol. The number of benzene rings is 1. The Morgan fingerprint density at radius 1 is 1.14 bits per heavy atom. The molecule has 6 nitrogen and oxygen atoms in total. The Morgan fingerprint density at radius 3 is 2.83 bits per heavy atom. The highest BCUT2D eigenvalue weighted by molar-refractivity contribution is 5.84. The summed E-state index contributed by atoms with van der Waals surface area (Å²) in [5.41, 5.74) is 4.41. The average molecular weight is 388 g/mol. The molecule has 148 valence electrons. The summed E-state index contributed by atoms with van der Waals surface area (Å²) >= 11 is 0. The van der Waals surface area contributed by atoms with Crippen molar-refractivity contribution in [1.29, 1.82) is 0 Å². The highest BCUT2D eigenvalue weighted by Crippen LogP contribution is 2.26. The molecule has 1 atom stereocenters. The molecule has 0 N–H and O–H groups in total. The van der Waals surface area contributed by atoms with Gasteiger partial charge in [-0.15, -0.1) is 0 Å². The lowest BCUT2D eigenvalue weighted by molar-refractivity contribution is 0.234. The zero-order valence-electron chi connectivity index (χ0n) is 16.9. The number of imidazole rings is 1. The van der Waals surface area contributed by atoms with Gasteiger partial charge in [-0.05, 0) is 56.8 Å². The molecule has 29 heavy (non-hydrogen) atoms. The van der Waals surface area contributed by atoms with Crippen LogP contribution in [0.5, 0.6) is 0 Å². The molecule has 0 amide bonds. The Bertz CT molecular complexity index is 1270. The molecule has 1 aliphatic rings. The van der Waals surface area contributed by atoms with E-state index in [0.717, 1.165) is 41.9 Å². The van der Waals surface area contributed by atoms with Crippen LogP contribution in [0.4, 0.5) is 5.69 Å². The Kier molecular flexibility index (Phi) is 4.17. The van der Waals surface area contributed by atoms with Crippen LogP contribution in [0.25, 0.3) is 27.9 Å². The number of pyridine rings is 1. The lowest BCUT2D eigenvalue weighted by Crippen LogP contribution is -2.50. The van der Waals surface area contributed by atoms with Crippen molar-refractivity contribution in [2.24, 2.45) is 0 Å². The van der Waals surface area contributed by atoms with E-state index in [1.807, 2.05) is 54.0 Å². The topological polar surface area (TPSA) is 54.0 Å². The highest BCUT2D eigenvalue weighted by Gasteiger charge is 2.21. The molecule has 3 aromatic heterocycles. The number of piperazine rings is 1. The number of aryl methyl sites for hydroxylation is 1. The van der Waals surface area contributed by atoms with Crippen LogP contribution in [0.1, 0.15) is 12.5 Å². The SMILES string of the molecule is Cc1ccn2cc(-c3cc4ccc(N5CCN(C)C(C)C5)cc4oc3=O)nc2c1. The van der Waals surface area contributed by atoms with E-state index in [4.69, 9.17) is 4.42 Å². The predicted octanol–water partition coefficient (Wildman–Crippen LogP) is 3.56. The van der Waals surface area contributed by atoms with Gasteiger partial charge in [-0.2, -0.15) is 0 Å².